The summed E-state index contributed by atoms with van der Waals surface area (Å²) >= 11 is 8.10. The van der Waals surface area contributed by atoms with Crippen LogP contribution in [0.2, 0.25) is 0 Å². The van der Waals surface area contributed by atoms with Crippen molar-refractivity contribution in [2.75, 3.05) is 26.4 Å². The van der Waals surface area contributed by atoms with Gasteiger partial charge in [-0.2, -0.15) is 15.0 Å². The Balaban J connectivity index is 0.000000463. The number of halogens is 1. The quantitative estimate of drug-likeness (QED) is 0.0378. The molecule has 1 amide bonds. The minimum atomic E-state index is -1.05. The summed E-state index contributed by atoms with van der Waals surface area (Å²) in [5.41, 5.74) is 8.85. The number of hydrogen-bond acceptors (Lipinski definition) is 20. The van der Waals surface area contributed by atoms with Crippen LogP contribution in [0.15, 0.2) is 152 Å². The van der Waals surface area contributed by atoms with E-state index in [-0.39, 0.29) is 48.8 Å². The Bertz CT molecular complexity index is 2890. The third-order valence-corrected chi connectivity index (χ3v) is 11.4. The number of phenols is 1. The van der Waals surface area contributed by atoms with E-state index in [1.165, 1.54) is 46.3 Å². The van der Waals surface area contributed by atoms with E-state index < -0.39 is 17.8 Å². The molecule has 0 bridgehead atoms. The summed E-state index contributed by atoms with van der Waals surface area (Å²) in [5.74, 6) is -0.268. The standard InChI is InChI=1S/C12H11NO3S.C10H6N4O2S.C10H7NO3S.C6H6BrNO2S.C6H6O.C4H8O.Li.H2O.H2/c1-2-15-11(14)10-8-17-12(13-10)16-9-6-4-3-5-7-9;11-14-13-9(15)8-6-17-10(12-8)16-7-4-2-1-3-5-7;12-9(13)8-6-15-10(11-8)14-7-4-2-1-3-5-7;1-2-10-5(9)4-3-11-6(7)8-4;7-6-4-2-1-3-5-6;1-2-4-5-3-1;;;/h3-8H,2H2,1H3;1-6H;1-6H,(H,12,13);3H,2H2,1H3;1-5,7H;1-4H2;;1H2;1H/q;;;;;;+1;;/p-1/i;;;;;;;;1+1. The van der Waals surface area contributed by atoms with Gasteiger partial charge in [0.15, 0.2) is 21.0 Å². The second-order valence-electron chi connectivity index (χ2n) is 13.1. The molecule has 4 aromatic carbocycles. The largest absolute Gasteiger partial charge is 1.00 e. The molecule has 5 heterocycles. The Labute approximate surface area is 462 Å². The van der Waals surface area contributed by atoms with Crippen LogP contribution in [-0.4, -0.2) is 85.9 Å². The van der Waals surface area contributed by atoms with Crippen LogP contribution in [0.25, 0.3) is 10.4 Å². The average molecular weight is 1150 g/mol. The smallest absolute Gasteiger partial charge is 0.870 e. The van der Waals surface area contributed by atoms with Crippen LogP contribution >= 0.6 is 61.3 Å². The van der Waals surface area contributed by atoms with Gasteiger partial charge in [-0.3, -0.25) is 4.79 Å². The van der Waals surface area contributed by atoms with Gasteiger partial charge in [-0.1, -0.05) is 107 Å². The summed E-state index contributed by atoms with van der Waals surface area (Å²) in [4.78, 5) is 62.1. The summed E-state index contributed by atoms with van der Waals surface area (Å²) < 4.78 is 31.5. The van der Waals surface area contributed by atoms with Gasteiger partial charge in [0.2, 0.25) is 0 Å². The zero-order valence-corrected chi connectivity index (χ0v) is 44.5. The monoisotopic (exact) mass is 1140 g/mol. The molecule has 1 fully saturated rings. The molecule has 20 nitrogen and oxygen atoms in total. The van der Waals surface area contributed by atoms with Crippen LogP contribution < -0.4 is 33.1 Å². The molecular weight excluding hydrogens is 1100 g/mol. The van der Waals surface area contributed by atoms with Crippen LogP contribution in [0.3, 0.4) is 0 Å². The molecule has 9 rings (SSSR count). The van der Waals surface area contributed by atoms with Crippen LogP contribution in [0.5, 0.6) is 38.6 Å². The zero-order valence-electron chi connectivity index (χ0n) is 39.7. The predicted octanol–water partition coefficient (Wildman–Crippen LogP) is 10.5. The zero-order chi connectivity index (χ0) is 51.8. The number of ether oxygens (including phenoxy) is 6. The van der Waals surface area contributed by atoms with Crippen molar-refractivity contribution in [3.63, 3.8) is 0 Å². The fraction of sp³-hybridized carbons (Fsp3) is 0.167. The van der Waals surface area contributed by atoms with Crippen molar-refractivity contribution in [1.29, 1.82) is 0 Å². The number of phenolic OH excluding ortho intramolecular Hbond substituents is 1. The number of aromatic carboxylic acids is 1. The molecule has 1 aliphatic rings. The van der Waals surface area contributed by atoms with Crippen molar-refractivity contribution >= 4 is 85.1 Å². The molecule has 1 saturated heterocycles. The van der Waals surface area contributed by atoms with Crippen molar-refractivity contribution in [2.24, 2.45) is 5.11 Å². The van der Waals surface area contributed by atoms with Crippen molar-refractivity contribution in [3.8, 4) is 38.6 Å². The fourth-order valence-electron chi connectivity index (χ4n) is 4.76. The fourth-order valence-corrected chi connectivity index (χ4v) is 7.72. The Morgan fingerprint density at radius 2 is 0.986 bits per heavy atom. The maximum absolute atomic E-state index is 11.4. The number of carboxylic acids is 1. The number of nitrogens with zero attached hydrogens (tertiary/aromatic N) is 7. The molecule has 4 aromatic heterocycles. The average Bonchev–Trinajstić information content (AvgIpc) is 4.27. The predicted molar refractivity (Wildman–Crippen MR) is 280 cm³/mol. The van der Waals surface area contributed by atoms with Gasteiger partial charge in [0.05, 0.1) is 13.2 Å². The second-order valence-corrected chi connectivity index (χ2v) is 17.7. The molecule has 3 N–H and O–H groups in total. The molecule has 0 atom stereocenters. The van der Waals surface area contributed by atoms with Crippen molar-refractivity contribution in [2.45, 2.75) is 26.7 Å². The topological polar surface area (TPSA) is 294 Å². The van der Waals surface area contributed by atoms with Gasteiger partial charge in [0.1, 0.15) is 28.7 Å². The summed E-state index contributed by atoms with van der Waals surface area (Å²) in [5, 5.41) is 27.5. The molecule has 384 valence electrons. The molecule has 0 saturated carbocycles. The Morgan fingerprint density at radius 1 is 0.622 bits per heavy atom. The SMILES string of the molecule is C1CCOC1.CCOC(=O)c1csc(Br)n1.CCOC(=O)c1csc(Oc2ccccc2)n1.O=C(O)c1csc(Oc2ccccc2)n1.Oc1ccccc1.[2HH].[Li+].[N-]=[N+]=NC(=O)c1csc(Oc2ccccc2)n1.[OH-]. The summed E-state index contributed by atoms with van der Waals surface area (Å²) in [6.45, 7) is 6.24. The Hall–Kier alpha value is -7.01. The molecule has 0 radical (unpaired) electrons. The van der Waals surface area contributed by atoms with Gasteiger partial charge in [-0.05, 0) is 102 Å². The van der Waals surface area contributed by atoms with Crippen molar-refractivity contribution in [1.82, 2.24) is 19.9 Å². The number of carboxylic acid groups (broad SMARTS) is 1. The van der Waals surface area contributed by atoms with Gasteiger partial charge in [0, 0.05) is 41.1 Å². The van der Waals surface area contributed by atoms with E-state index in [1.807, 2.05) is 72.8 Å². The molecule has 0 unspecified atom stereocenters. The number of azide groups is 1. The number of aromatic hydroxyl groups is 1. The summed E-state index contributed by atoms with van der Waals surface area (Å²) in [7, 11) is 0. The Kier molecular flexibility index (Phi) is 31.4. The summed E-state index contributed by atoms with van der Waals surface area (Å²) in [6, 6.07) is 36.2. The second kappa shape index (κ2) is 36.8. The number of esters is 2. The molecule has 8 aromatic rings. The van der Waals surface area contributed by atoms with Crippen LogP contribution in [-0.2, 0) is 14.2 Å². The van der Waals surface area contributed by atoms with Crippen LogP contribution in [0.1, 0.15) is 70.1 Å². The van der Waals surface area contributed by atoms with E-state index in [2.05, 4.69) is 45.9 Å². The van der Waals surface area contributed by atoms with Gasteiger partial charge in [0.25, 0.3) is 21.5 Å². The number of aromatic nitrogens is 4. The van der Waals surface area contributed by atoms with Gasteiger partial charge in [-0.15, -0.1) is 11.3 Å². The number of para-hydroxylation sites is 4. The molecule has 0 aliphatic carbocycles. The maximum atomic E-state index is 11.4. The van der Waals surface area contributed by atoms with Gasteiger partial charge in [-0.25, -0.2) is 19.4 Å². The van der Waals surface area contributed by atoms with Gasteiger partial charge < -0.3 is 44.1 Å². The molecule has 26 heteroatoms. The summed E-state index contributed by atoms with van der Waals surface area (Å²) in [6.07, 6.45) is 2.56. The van der Waals surface area contributed by atoms with E-state index in [0.717, 1.165) is 35.9 Å². The first-order valence-electron chi connectivity index (χ1n) is 21.1. The first-order valence-corrected chi connectivity index (χ1v) is 25.4. The van der Waals surface area contributed by atoms with E-state index >= 15 is 0 Å². The third-order valence-electron chi connectivity index (χ3n) is 7.90. The number of amides is 1. The number of rotatable bonds is 12. The van der Waals surface area contributed by atoms with Crippen LogP contribution in [0.4, 0.5) is 0 Å². The van der Waals surface area contributed by atoms with Crippen LogP contribution in [0, 0.1) is 0 Å². The molecule has 1 aliphatic heterocycles. The third kappa shape index (κ3) is 25.1. The normalized spacial score (nSPS) is 10.3. The maximum Gasteiger partial charge on any atom is 1.00 e. The minimum Gasteiger partial charge on any atom is -0.870 e. The Morgan fingerprint density at radius 3 is 1.31 bits per heavy atom. The first-order chi connectivity index (χ1) is 35.0. The first kappa shape index (κ1) is 63.1. The number of benzene rings is 4. The molecule has 0 spiro atoms. The van der Waals surface area contributed by atoms with Gasteiger partial charge >= 0.3 is 36.8 Å². The van der Waals surface area contributed by atoms with E-state index in [9.17, 15) is 19.2 Å². The van der Waals surface area contributed by atoms with Crippen molar-refractivity contribution < 1.29 is 83.6 Å². The number of carbonyl (C=O) groups excluding carboxylic acids is 3. The number of carbonyl (C=O) groups is 4. The number of hydrogen-bond donors (Lipinski definition) is 2. The van der Waals surface area contributed by atoms with E-state index in [1.54, 1.807) is 73.1 Å². The van der Waals surface area contributed by atoms with Crippen molar-refractivity contribution in [3.05, 3.63) is 180 Å². The molecular formula is C48H47BrLiN7O13S4. The van der Waals surface area contributed by atoms with E-state index in [4.69, 9.17) is 44.2 Å². The van der Waals surface area contributed by atoms with E-state index in [0.29, 0.717) is 61.4 Å². The minimum absolute atomic E-state index is 0. The molecule has 74 heavy (non-hydrogen) atoms. The number of thiazole rings is 4.